The Hall–Kier alpha value is -2.02. The lowest BCUT2D eigenvalue weighted by Gasteiger charge is -2.13. The smallest absolute Gasteiger partial charge is 0.404 e. The average Bonchev–Trinajstić information content (AvgIpc) is 2.67. The summed E-state index contributed by atoms with van der Waals surface area (Å²) < 4.78 is 0. The Morgan fingerprint density at radius 1 is 1.15 bits per heavy atom. The molecule has 1 aliphatic rings. The van der Waals surface area contributed by atoms with E-state index in [1.54, 1.807) is 24.3 Å². The SMILES string of the molecule is O=C(O)NCCSCCN1C(=O)c2ccccc2C1=O. The van der Waals surface area contributed by atoms with Crippen LogP contribution in [0.3, 0.4) is 0 Å². The van der Waals surface area contributed by atoms with Gasteiger partial charge in [-0.15, -0.1) is 0 Å². The molecule has 0 aromatic heterocycles. The number of imide groups is 1. The minimum Gasteiger partial charge on any atom is -0.465 e. The van der Waals surface area contributed by atoms with E-state index in [0.29, 0.717) is 35.7 Å². The van der Waals surface area contributed by atoms with E-state index >= 15 is 0 Å². The molecule has 106 valence electrons. The van der Waals surface area contributed by atoms with Gasteiger partial charge in [0.1, 0.15) is 0 Å². The Morgan fingerprint density at radius 3 is 2.30 bits per heavy atom. The first-order valence-corrected chi connectivity index (χ1v) is 7.26. The van der Waals surface area contributed by atoms with E-state index in [1.165, 1.54) is 16.7 Å². The monoisotopic (exact) mass is 294 g/mol. The summed E-state index contributed by atoms with van der Waals surface area (Å²) >= 11 is 1.49. The number of carboxylic acid groups (broad SMARTS) is 1. The van der Waals surface area contributed by atoms with E-state index in [2.05, 4.69) is 5.32 Å². The zero-order valence-corrected chi connectivity index (χ0v) is 11.5. The summed E-state index contributed by atoms with van der Waals surface area (Å²) in [7, 11) is 0. The predicted molar refractivity (Wildman–Crippen MR) is 75.2 cm³/mol. The summed E-state index contributed by atoms with van der Waals surface area (Å²) in [6, 6.07) is 6.78. The number of hydrogen-bond donors (Lipinski definition) is 2. The molecule has 7 heteroatoms. The second-order valence-corrected chi connectivity index (χ2v) is 5.38. The average molecular weight is 294 g/mol. The molecule has 20 heavy (non-hydrogen) atoms. The van der Waals surface area contributed by atoms with E-state index in [1.807, 2.05) is 0 Å². The lowest BCUT2D eigenvalue weighted by molar-refractivity contribution is 0.0664. The third kappa shape index (κ3) is 3.11. The minimum absolute atomic E-state index is 0.255. The second kappa shape index (κ2) is 6.42. The summed E-state index contributed by atoms with van der Waals surface area (Å²) in [6.45, 7) is 0.687. The number of carbonyl (C=O) groups excluding carboxylic acids is 2. The molecule has 3 amide bonds. The number of hydrogen-bond acceptors (Lipinski definition) is 4. The van der Waals surface area contributed by atoms with E-state index in [9.17, 15) is 14.4 Å². The third-order valence-electron chi connectivity index (χ3n) is 2.86. The van der Waals surface area contributed by atoms with Gasteiger partial charge in [-0.2, -0.15) is 11.8 Å². The zero-order valence-electron chi connectivity index (χ0n) is 10.7. The molecule has 1 aromatic rings. The van der Waals surface area contributed by atoms with Crippen LogP contribution >= 0.6 is 11.8 Å². The van der Waals surface area contributed by atoms with Crippen LogP contribution in [-0.2, 0) is 0 Å². The first-order valence-electron chi connectivity index (χ1n) is 6.11. The van der Waals surface area contributed by atoms with Crippen molar-refractivity contribution in [1.82, 2.24) is 10.2 Å². The molecule has 0 saturated heterocycles. The number of nitrogens with one attached hydrogen (secondary N) is 1. The van der Waals surface area contributed by atoms with Gasteiger partial charge in [0.2, 0.25) is 0 Å². The van der Waals surface area contributed by atoms with Crippen molar-refractivity contribution in [2.75, 3.05) is 24.6 Å². The van der Waals surface area contributed by atoms with Gasteiger partial charge in [-0.05, 0) is 12.1 Å². The highest BCUT2D eigenvalue weighted by Crippen LogP contribution is 2.22. The highest BCUT2D eigenvalue weighted by atomic mass is 32.2. The summed E-state index contributed by atoms with van der Waals surface area (Å²) in [4.78, 5) is 35.5. The van der Waals surface area contributed by atoms with Gasteiger partial charge in [-0.1, -0.05) is 12.1 Å². The van der Waals surface area contributed by atoms with Crippen LogP contribution in [0.15, 0.2) is 24.3 Å². The summed E-state index contributed by atoms with van der Waals surface area (Å²) in [5, 5.41) is 10.6. The van der Waals surface area contributed by atoms with Crippen molar-refractivity contribution in [2.24, 2.45) is 0 Å². The molecule has 0 saturated carbocycles. The van der Waals surface area contributed by atoms with Crippen LogP contribution in [-0.4, -0.2) is 52.5 Å². The van der Waals surface area contributed by atoms with Crippen molar-refractivity contribution in [1.29, 1.82) is 0 Å². The van der Waals surface area contributed by atoms with Gasteiger partial charge in [0.15, 0.2) is 0 Å². The molecule has 0 bridgehead atoms. The molecule has 0 fully saturated rings. The van der Waals surface area contributed by atoms with Crippen LogP contribution in [0.5, 0.6) is 0 Å². The van der Waals surface area contributed by atoms with Crippen molar-refractivity contribution >= 4 is 29.7 Å². The van der Waals surface area contributed by atoms with E-state index in [-0.39, 0.29) is 11.8 Å². The molecule has 1 heterocycles. The number of benzene rings is 1. The summed E-state index contributed by atoms with van der Waals surface area (Å²) in [5.74, 6) is 0.687. The van der Waals surface area contributed by atoms with Gasteiger partial charge in [0, 0.05) is 24.6 Å². The van der Waals surface area contributed by atoms with Crippen LogP contribution in [0.4, 0.5) is 4.79 Å². The largest absolute Gasteiger partial charge is 0.465 e. The molecular formula is C13H14N2O4S. The Balaban J connectivity index is 1.79. The molecule has 0 radical (unpaired) electrons. The standard InChI is InChI=1S/C13H14N2O4S/c16-11-9-3-1-2-4-10(9)12(17)15(11)6-8-20-7-5-14-13(18)19/h1-4,14H,5-8H2,(H,18,19). The number of rotatable bonds is 6. The van der Waals surface area contributed by atoms with E-state index in [4.69, 9.17) is 5.11 Å². The zero-order chi connectivity index (χ0) is 14.5. The van der Waals surface area contributed by atoms with E-state index in [0.717, 1.165) is 0 Å². The van der Waals surface area contributed by atoms with Gasteiger partial charge in [0.25, 0.3) is 11.8 Å². The van der Waals surface area contributed by atoms with Gasteiger partial charge < -0.3 is 10.4 Å². The quantitative estimate of drug-likeness (QED) is 0.610. The lowest BCUT2D eigenvalue weighted by Crippen LogP contribution is -2.32. The maximum Gasteiger partial charge on any atom is 0.404 e. The normalized spacial score (nSPS) is 13.5. The highest BCUT2D eigenvalue weighted by Gasteiger charge is 2.34. The third-order valence-corrected chi connectivity index (χ3v) is 3.82. The Labute approximate surface area is 120 Å². The topological polar surface area (TPSA) is 86.7 Å². The highest BCUT2D eigenvalue weighted by molar-refractivity contribution is 7.99. The predicted octanol–water partition coefficient (Wildman–Crippen LogP) is 1.28. The maximum atomic E-state index is 12.0. The van der Waals surface area contributed by atoms with E-state index < -0.39 is 6.09 Å². The van der Waals surface area contributed by atoms with Crippen molar-refractivity contribution in [2.45, 2.75) is 0 Å². The number of thioether (sulfide) groups is 1. The molecule has 1 aromatic carbocycles. The fourth-order valence-electron chi connectivity index (χ4n) is 1.93. The Morgan fingerprint density at radius 2 is 1.75 bits per heavy atom. The summed E-state index contributed by atoms with van der Waals surface area (Å²) in [6.07, 6.45) is -1.05. The first-order chi connectivity index (χ1) is 9.61. The molecular weight excluding hydrogens is 280 g/mol. The van der Waals surface area contributed by atoms with Gasteiger partial charge in [-0.3, -0.25) is 14.5 Å². The van der Waals surface area contributed by atoms with Crippen LogP contribution in [0.2, 0.25) is 0 Å². The van der Waals surface area contributed by atoms with Crippen LogP contribution < -0.4 is 5.32 Å². The maximum absolute atomic E-state index is 12.0. The van der Waals surface area contributed by atoms with Gasteiger partial charge in [-0.25, -0.2) is 4.79 Å². The minimum atomic E-state index is -1.05. The molecule has 6 nitrogen and oxygen atoms in total. The lowest BCUT2D eigenvalue weighted by atomic mass is 10.1. The fourth-order valence-corrected chi connectivity index (χ4v) is 2.69. The van der Waals surface area contributed by atoms with Crippen LogP contribution in [0.25, 0.3) is 0 Å². The number of nitrogens with zero attached hydrogens (tertiary/aromatic N) is 1. The van der Waals surface area contributed by atoms with Gasteiger partial charge in [0.05, 0.1) is 11.1 Å². The van der Waals surface area contributed by atoms with Crippen molar-refractivity contribution < 1.29 is 19.5 Å². The van der Waals surface area contributed by atoms with Crippen molar-refractivity contribution in [3.05, 3.63) is 35.4 Å². The fraction of sp³-hybridized carbons (Fsp3) is 0.308. The van der Waals surface area contributed by atoms with Gasteiger partial charge >= 0.3 is 6.09 Å². The molecule has 2 N–H and O–H groups in total. The Kier molecular flexibility index (Phi) is 4.62. The number of carbonyl (C=O) groups is 3. The molecule has 0 atom stereocenters. The molecule has 0 aliphatic carbocycles. The molecule has 0 spiro atoms. The van der Waals surface area contributed by atoms with Crippen LogP contribution in [0.1, 0.15) is 20.7 Å². The van der Waals surface area contributed by atoms with Crippen LogP contribution in [0, 0.1) is 0 Å². The molecule has 2 rings (SSSR count). The molecule has 0 unspecified atom stereocenters. The number of amides is 3. The summed E-state index contributed by atoms with van der Waals surface area (Å²) in [5.41, 5.74) is 0.907. The van der Waals surface area contributed by atoms with Crippen molar-refractivity contribution in [3.8, 4) is 0 Å². The molecule has 1 aliphatic heterocycles. The first kappa shape index (κ1) is 14.4. The number of fused-ring (bicyclic) bond motifs is 1. The van der Waals surface area contributed by atoms with Crippen molar-refractivity contribution in [3.63, 3.8) is 0 Å². The second-order valence-electron chi connectivity index (χ2n) is 4.15. The Bertz CT molecular complexity index is 512.